The Morgan fingerprint density at radius 3 is 2.60 bits per heavy atom. The average Bonchev–Trinajstić information content (AvgIpc) is 2.88. The summed E-state index contributed by atoms with van der Waals surface area (Å²) >= 11 is 0. The van der Waals surface area contributed by atoms with Crippen molar-refractivity contribution >= 4 is 23.4 Å². The molecule has 2 N–H and O–H groups in total. The minimum atomic E-state index is -1.43. The van der Waals surface area contributed by atoms with Crippen molar-refractivity contribution < 1.29 is 32.6 Å². The van der Waals surface area contributed by atoms with Gasteiger partial charge < -0.3 is 20.1 Å². The van der Waals surface area contributed by atoms with Gasteiger partial charge in [-0.15, -0.1) is 0 Å². The van der Waals surface area contributed by atoms with Crippen molar-refractivity contribution in [2.75, 3.05) is 36.0 Å². The summed E-state index contributed by atoms with van der Waals surface area (Å²) in [5.74, 6) is -4.19. The molecule has 0 saturated carbocycles. The van der Waals surface area contributed by atoms with Crippen LogP contribution < -0.4 is 15.1 Å². The molecule has 0 unspecified atom stereocenters. The number of hydrogen-bond acceptors (Lipinski definition) is 5. The molecule has 2 aliphatic rings. The van der Waals surface area contributed by atoms with Crippen LogP contribution in [-0.4, -0.2) is 55.5 Å². The summed E-state index contributed by atoms with van der Waals surface area (Å²) < 4.78 is 47.9. The quantitative estimate of drug-likeness (QED) is 0.776. The number of aliphatic hydroxyl groups is 1. The fourth-order valence-corrected chi connectivity index (χ4v) is 2.78. The van der Waals surface area contributed by atoms with E-state index in [-0.39, 0.29) is 32.1 Å². The molecular weight excluding hydrogens is 343 g/mol. The number of hydrogen-bond donors (Lipinski definition) is 2. The Labute approximate surface area is 141 Å². The number of nitrogens with one attached hydrogen (secondary N) is 1. The molecule has 2 saturated heterocycles. The summed E-state index contributed by atoms with van der Waals surface area (Å²) in [5, 5.41) is 11.7. The molecule has 3 rings (SSSR count). The number of amides is 2. The monoisotopic (exact) mass is 359 g/mol. The first-order valence-corrected chi connectivity index (χ1v) is 7.61. The third-order valence-electron chi connectivity index (χ3n) is 4.04. The number of carbonyl (C=O) groups excluding carboxylic acids is 2. The SMILES string of the molecule is CC(=O)NC[C@H]1CN(c2cc(F)c(N3CC(O)C3)c(F)c2F)C(=O)O1. The number of ether oxygens (including phenoxy) is 1. The van der Waals surface area contributed by atoms with Gasteiger partial charge in [0.15, 0.2) is 17.5 Å². The van der Waals surface area contributed by atoms with Gasteiger partial charge in [0.1, 0.15) is 11.8 Å². The maximum absolute atomic E-state index is 14.4. The van der Waals surface area contributed by atoms with Crippen molar-refractivity contribution in [2.24, 2.45) is 0 Å². The van der Waals surface area contributed by atoms with E-state index in [0.29, 0.717) is 0 Å². The molecule has 0 bridgehead atoms. The molecule has 1 aromatic carbocycles. The zero-order chi connectivity index (χ0) is 18.3. The van der Waals surface area contributed by atoms with Crippen LogP contribution in [0, 0.1) is 17.5 Å². The molecule has 136 valence electrons. The number of rotatable bonds is 4. The number of anilines is 2. The normalized spacial score (nSPS) is 20.5. The number of halogens is 3. The lowest BCUT2D eigenvalue weighted by Crippen LogP contribution is -2.51. The van der Waals surface area contributed by atoms with E-state index in [1.165, 1.54) is 11.8 Å². The van der Waals surface area contributed by atoms with Crippen LogP contribution >= 0.6 is 0 Å². The van der Waals surface area contributed by atoms with Gasteiger partial charge in [0, 0.05) is 26.1 Å². The van der Waals surface area contributed by atoms with Crippen LogP contribution in [0.3, 0.4) is 0 Å². The van der Waals surface area contributed by atoms with E-state index >= 15 is 0 Å². The van der Waals surface area contributed by atoms with Crippen molar-refractivity contribution in [3.63, 3.8) is 0 Å². The standard InChI is InChI=1S/C15H16F3N3O4/c1-7(22)19-3-9-6-21(15(24)25-9)11-2-10(16)14(13(18)12(11)17)20-4-8(23)5-20/h2,8-9,23H,3-6H2,1H3,(H,19,22)/t9-/m0/s1. The average molecular weight is 359 g/mol. The van der Waals surface area contributed by atoms with Gasteiger partial charge in [-0.05, 0) is 0 Å². The van der Waals surface area contributed by atoms with Crippen LogP contribution in [0.2, 0.25) is 0 Å². The van der Waals surface area contributed by atoms with Gasteiger partial charge >= 0.3 is 6.09 Å². The van der Waals surface area contributed by atoms with Crippen LogP contribution in [-0.2, 0) is 9.53 Å². The fraction of sp³-hybridized carbons (Fsp3) is 0.467. The van der Waals surface area contributed by atoms with Gasteiger partial charge in [-0.2, -0.15) is 0 Å². The predicted molar refractivity (Wildman–Crippen MR) is 80.8 cm³/mol. The highest BCUT2D eigenvalue weighted by Crippen LogP contribution is 2.35. The minimum Gasteiger partial charge on any atom is -0.442 e. The van der Waals surface area contributed by atoms with Gasteiger partial charge in [0.05, 0.1) is 24.9 Å². The molecule has 2 fully saturated rings. The zero-order valence-corrected chi connectivity index (χ0v) is 13.3. The second-order valence-electron chi connectivity index (χ2n) is 5.97. The largest absolute Gasteiger partial charge is 0.442 e. The van der Waals surface area contributed by atoms with E-state index in [0.717, 1.165) is 11.0 Å². The van der Waals surface area contributed by atoms with Crippen LogP contribution in [0.25, 0.3) is 0 Å². The Bertz CT molecular complexity index is 724. The lowest BCUT2D eigenvalue weighted by molar-refractivity contribution is -0.119. The molecule has 2 heterocycles. The van der Waals surface area contributed by atoms with Gasteiger partial charge in [-0.25, -0.2) is 18.0 Å². The van der Waals surface area contributed by atoms with Crippen LogP contribution in [0.4, 0.5) is 29.3 Å². The fourth-order valence-electron chi connectivity index (χ4n) is 2.78. The van der Waals surface area contributed by atoms with E-state index in [2.05, 4.69) is 5.32 Å². The Hall–Kier alpha value is -2.49. The van der Waals surface area contributed by atoms with Gasteiger partial charge in [0.25, 0.3) is 0 Å². The lowest BCUT2D eigenvalue weighted by Gasteiger charge is -2.38. The zero-order valence-electron chi connectivity index (χ0n) is 13.3. The Morgan fingerprint density at radius 1 is 1.32 bits per heavy atom. The van der Waals surface area contributed by atoms with Gasteiger partial charge in [-0.3, -0.25) is 9.69 Å². The van der Waals surface area contributed by atoms with E-state index in [9.17, 15) is 27.9 Å². The molecule has 2 aliphatic heterocycles. The molecule has 0 aliphatic carbocycles. The van der Waals surface area contributed by atoms with Gasteiger partial charge in [-0.1, -0.05) is 0 Å². The molecule has 2 amide bonds. The second-order valence-corrected chi connectivity index (χ2v) is 5.97. The third kappa shape index (κ3) is 3.21. The van der Waals surface area contributed by atoms with Gasteiger partial charge in [0.2, 0.25) is 5.91 Å². The summed E-state index contributed by atoms with van der Waals surface area (Å²) in [5.41, 5.74) is -1.15. The summed E-state index contributed by atoms with van der Waals surface area (Å²) in [6.07, 6.45) is -2.43. The number of β-amino-alcohol motifs (C(OH)–C–C–N with tert-alkyl or cyclic N) is 1. The molecular formula is C15H16F3N3O4. The number of nitrogens with zero attached hydrogens (tertiary/aromatic N) is 2. The molecule has 0 aromatic heterocycles. The Kier molecular flexibility index (Phi) is 4.46. The van der Waals surface area contributed by atoms with E-state index < -0.39 is 47.1 Å². The summed E-state index contributed by atoms with van der Waals surface area (Å²) in [4.78, 5) is 24.7. The second kappa shape index (κ2) is 6.43. The van der Waals surface area contributed by atoms with Crippen molar-refractivity contribution in [3.8, 4) is 0 Å². The summed E-state index contributed by atoms with van der Waals surface area (Å²) in [7, 11) is 0. The number of benzene rings is 1. The minimum absolute atomic E-state index is 0.00281. The first-order valence-electron chi connectivity index (χ1n) is 7.61. The molecule has 1 atom stereocenters. The Morgan fingerprint density at radius 2 is 2.00 bits per heavy atom. The maximum Gasteiger partial charge on any atom is 0.414 e. The van der Waals surface area contributed by atoms with Crippen molar-refractivity contribution in [3.05, 3.63) is 23.5 Å². The molecule has 10 heteroatoms. The topological polar surface area (TPSA) is 82.1 Å². The van der Waals surface area contributed by atoms with Crippen LogP contribution in [0.1, 0.15) is 6.92 Å². The van der Waals surface area contributed by atoms with E-state index in [1.807, 2.05) is 0 Å². The molecule has 25 heavy (non-hydrogen) atoms. The van der Waals surface area contributed by atoms with Crippen LogP contribution in [0.5, 0.6) is 0 Å². The number of aliphatic hydroxyl groups excluding tert-OH is 1. The molecule has 1 aromatic rings. The molecule has 0 spiro atoms. The first-order chi connectivity index (χ1) is 11.8. The van der Waals surface area contributed by atoms with Crippen molar-refractivity contribution in [1.29, 1.82) is 0 Å². The molecule has 7 nitrogen and oxygen atoms in total. The highest BCUT2D eigenvalue weighted by atomic mass is 19.2. The maximum atomic E-state index is 14.4. The summed E-state index contributed by atoms with van der Waals surface area (Å²) in [6, 6.07) is 0.723. The predicted octanol–water partition coefficient (Wildman–Crippen LogP) is 0.746. The smallest absolute Gasteiger partial charge is 0.414 e. The van der Waals surface area contributed by atoms with Crippen LogP contribution in [0.15, 0.2) is 6.07 Å². The van der Waals surface area contributed by atoms with Crippen molar-refractivity contribution in [1.82, 2.24) is 5.32 Å². The summed E-state index contributed by atoms with van der Waals surface area (Å²) in [6.45, 7) is 1.13. The Balaban J connectivity index is 1.83. The highest BCUT2D eigenvalue weighted by molar-refractivity contribution is 5.90. The van der Waals surface area contributed by atoms with E-state index in [4.69, 9.17) is 4.74 Å². The van der Waals surface area contributed by atoms with Crippen molar-refractivity contribution in [2.45, 2.75) is 19.1 Å². The number of carbonyl (C=O) groups is 2. The number of cyclic esters (lactones) is 1. The lowest BCUT2D eigenvalue weighted by atomic mass is 10.1. The first kappa shape index (κ1) is 17.3. The van der Waals surface area contributed by atoms with E-state index in [1.54, 1.807) is 0 Å². The molecule has 0 radical (unpaired) electrons. The highest BCUT2D eigenvalue weighted by Gasteiger charge is 2.37. The third-order valence-corrected chi connectivity index (χ3v) is 4.04.